The minimum atomic E-state index is -3.89. The van der Waals surface area contributed by atoms with Gasteiger partial charge in [0.15, 0.2) is 37.0 Å². The summed E-state index contributed by atoms with van der Waals surface area (Å²) >= 11 is 0. The highest BCUT2D eigenvalue weighted by molar-refractivity contribution is 7.92. The second-order valence-electron chi connectivity index (χ2n) is 14.7. The normalized spacial score (nSPS) is 12.8. The van der Waals surface area contributed by atoms with E-state index in [-0.39, 0.29) is 87.2 Å². The van der Waals surface area contributed by atoms with Crippen LogP contribution in [0.1, 0.15) is 72.2 Å². The lowest BCUT2D eigenvalue weighted by Gasteiger charge is -2.22. The maximum atomic E-state index is 13.6. The zero-order valence-corrected chi connectivity index (χ0v) is 36.4. The van der Waals surface area contributed by atoms with E-state index in [0.29, 0.717) is 5.69 Å². The first kappa shape index (κ1) is 50.8. The van der Waals surface area contributed by atoms with Gasteiger partial charge in [-0.25, -0.2) is 16.8 Å². The van der Waals surface area contributed by atoms with Gasteiger partial charge >= 0.3 is 0 Å². The van der Waals surface area contributed by atoms with Crippen molar-refractivity contribution in [3.8, 4) is 0 Å². The van der Waals surface area contributed by atoms with Crippen molar-refractivity contribution >= 4 is 60.4 Å². The highest BCUT2D eigenvalue weighted by Crippen LogP contribution is 2.20. The Morgan fingerprint density at radius 1 is 0.661 bits per heavy atom. The van der Waals surface area contributed by atoms with Crippen molar-refractivity contribution in [2.45, 2.75) is 58.9 Å². The molecule has 328 valence electrons. The van der Waals surface area contributed by atoms with E-state index >= 15 is 0 Å². The number of methoxy groups -OCH3 is 3. The van der Waals surface area contributed by atoms with Gasteiger partial charge in [-0.2, -0.15) is 0 Å². The summed E-state index contributed by atoms with van der Waals surface area (Å²) in [6.45, 7) is 5.51. The summed E-state index contributed by atoms with van der Waals surface area (Å²) < 4.78 is 65.7. The monoisotopic (exact) mass is 865 g/mol. The molecule has 18 heteroatoms. The zero-order chi connectivity index (χ0) is 44.2. The lowest BCUT2D eigenvalue weighted by molar-refractivity contribution is -0.130. The first-order chi connectivity index (χ1) is 27.8. The number of ether oxygens (including phenoxy) is 3. The van der Waals surface area contributed by atoms with Gasteiger partial charge in [0.1, 0.15) is 0 Å². The molecule has 0 unspecified atom stereocenters. The Balaban J connectivity index is 2.15. The Hall–Kier alpha value is -4.36. The molecule has 0 aliphatic rings. The minimum absolute atomic E-state index is 0.0119. The fraction of sp³-hybridized carbons (Fsp3) is 0.561. The van der Waals surface area contributed by atoms with Crippen molar-refractivity contribution in [1.82, 2.24) is 10.6 Å². The molecule has 3 amide bonds. The van der Waals surface area contributed by atoms with E-state index in [1.807, 2.05) is 19.1 Å². The minimum Gasteiger partial charge on any atom is -0.384 e. The molecular formula is C41H59N3O13S2. The van der Waals surface area contributed by atoms with Crippen LogP contribution in [0.3, 0.4) is 0 Å². The van der Waals surface area contributed by atoms with E-state index in [1.165, 1.54) is 45.6 Å². The molecule has 0 aromatic heterocycles. The highest BCUT2D eigenvalue weighted by Gasteiger charge is 2.32. The summed E-state index contributed by atoms with van der Waals surface area (Å²) in [6, 6.07) is 11.6. The van der Waals surface area contributed by atoms with E-state index in [2.05, 4.69) is 16.0 Å². The summed E-state index contributed by atoms with van der Waals surface area (Å²) in [5.41, 5.74) is 1.74. The molecule has 0 saturated carbocycles. The van der Waals surface area contributed by atoms with Gasteiger partial charge in [-0.15, -0.1) is 0 Å². The van der Waals surface area contributed by atoms with Gasteiger partial charge < -0.3 is 30.2 Å². The number of nitrogens with one attached hydrogen (secondary N) is 3. The van der Waals surface area contributed by atoms with Crippen LogP contribution in [-0.2, 0) is 53.1 Å². The van der Waals surface area contributed by atoms with Crippen LogP contribution in [0, 0.1) is 24.7 Å². The molecule has 0 fully saturated rings. The van der Waals surface area contributed by atoms with E-state index in [0.717, 1.165) is 5.56 Å². The quantitative estimate of drug-likeness (QED) is 0.0790. The van der Waals surface area contributed by atoms with Crippen molar-refractivity contribution in [2.75, 3.05) is 76.0 Å². The summed E-state index contributed by atoms with van der Waals surface area (Å²) in [4.78, 5) is 79.0. The molecule has 0 aliphatic carbocycles. The number of hydrogen-bond donors (Lipinski definition) is 3. The first-order valence-electron chi connectivity index (χ1n) is 19.3. The Labute approximate surface area is 347 Å². The van der Waals surface area contributed by atoms with Crippen molar-refractivity contribution in [1.29, 1.82) is 0 Å². The molecule has 0 aliphatic heterocycles. The number of hydrogen-bond acceptors (Lipinski definition) is 13. The maximum Gasteiger partial charge on any atom is 0.224 e. The summed E-state index contributed by atoms with van der Waals surface area (Å²) in [5, 5.41) is 8.16. The topological polar surface area (TPSA) is 234 Å². The van der Waals surface area contributed by atoms with Crippen molar-refractivity contribution in [3.63, 3.8) is 0 Å². The van der Waals surface area contributed by atoms with Crippen molar-refractivity contribution in [3.05, 3.63) is 65.2 Å². The van der Waals surface area contributed by atoms with Crippen LogP contribution in [0.2, 0.25) is 0 Å². The van der Waals surface area contributed by atoms with Gasteiger partial charge in [-0.1, -0.05) is 55.8 Å². The smallest absolute Gasteiger partial charge is 0.224 e. The van der Waals surface area contributed by atoms with E-state index in [1.54, 1.807) is 26.0 Å². The SMILES string of the molecule is COCCNC(=O)[C@H](CCC(=O)N[C@H](C(=O)CCC(=O)Nc1ccc(C)cc1)C(C)C)CC(=O)c1ccc(C(=O)C(CS(=O)(=O)CCOC)CS(=O)(=O)CCOC)cc1. The number of carbonyl (C=O) groups excluding carboxylic acids is 6. The lowest BCUT2D eigenvalue weighted by atomic mass is 9.91. The molecule has 0 spiro atoms. The maximum absolute atomic E-state index is 13.6. The van der Waals surface area contributed by atoms with Crippen molar-refractivity contribution < 1.29 is 59.8 Å². The highest BCUT2D eigenvalue weighted by atomic mass is 32.2. The largest absolute Gasteiger partial charge is 0.384 e. The number of Topliss-reactive ketones (excluding diaryl/α,β-unsaturated/α-hetero) is 3. The zero-order valence-electron chi connectivity index (χ0n) is 34.7. The second-order valence-corrected chi connectivity index (χ2v) is 19.1. The Bertz CT molecular complexity index is 1890. The molecule has 2 atom stereocenters. The third kappa shape index (κ3) is 19.1. The molecule has 2 aromatic carbocycles. The standard InChI is InChI=1S/C41H59N3O13S2/c1-28(2)39(35(45)16-18-37(47)43-34-14-7-29(3)8-15-34)44-38(48)17-13-32(41(50)42-19-20-55-4)25-36(46)30-9-11-31(12-10-30)40(49)33(26-58(51,52)23-21-56-5)27-59(53,54)24-22-57-6/h7-12,14-15,28,32-33,39H,13,16-27H2,1-6H3,(H,42,50)(H,43,47)(H,44,48)/t32-,39+/m1/s1. The Morgan fingerprint density at radius 3 is 1.73 bits per heavy atom. The Morgan fingerprint density at radius 2 is 1.20 bits per heavy atom. The summed E-state index contributed by atoms with van der Waals surface area (Å²) in [5.74, 6) is -7.90. The average molecular weight is 866 g/mol. The number of benzene rings is 2. The number of rotatable bonds is 29. The van der Waals surface area contributed by atoms with E-state index in [4.69, 9.17) is 14.2 Å². The number of sulfone groups is 2. The van der Waals surface area contributed by atoms with Gasteiger partial charge in [0.25, 0.3) is 0 Å². The van der Waals surface area contributed by atoms with Crippen molar-refractivity contribution in [2.24, 2.45) is 17.8 Å². The molecule has 0 bridgehead atoms. The van der Waals surface area contributed by atoms with Crippen LogP contribution in [0.15, 0.2) is 48.5 Å². The fourth-order valence-corrected chi connectivity index (χ4v) is 9.05. The summed E-state index contributed by atoms with van der Waals surface area (Å²) in [7, 11) is -3.68. The van der Waals surface area contributed by atoms with Gasteiger partial charge in [-0.3, -0.25) is 28.8 Å². The third-order valence-electron chi connectivity index (χ3n) is 9.36. The van der Waals surface area contributed by atoms with Crippen LogP contribution in [0.4, 0.5) is 5.69 Å². The van der Waals surface area contributed by atoms with E-state index in [9.17, 15) is 45.6 Å². The lowest BCUT2D eigenvalue weighted by Crippen LogP contribution is -2.45. The molecule has 16 nitrogen and oxygen atoms in total. The number of anilines is 1. The second kappa shape index (κ2) is 25.3. The van der Waals surface area contributed by atoms with Gasteiger partial charge in [-0.05, 0) is 31.4 Å². The molecule has 59 heavy (non-hydrogen) atoms. The molecule has 0 heterocycles. The van der Waals surface area contributed by atoms with Gasteiger partial charge in [0, 0.05) is 76.3 Å². The first-order valence-corrected chi connectivity index (χ1v) is 23.0. The molecule has 3 N–H and O–H groups in total. The third-order valence-corrected chi connectivity index (χ3v) is 12.8. The fourth-order valence-electron chi connectivity index (χ4n) is 5.97. The van der Waals surface area contributed by atoms with E-state index < -0.39 is 83.9 Å². The number of carbonyl (C=O) groups is 6. The number of aryl methyl sites for hydroxylation is 1. The molecule has 2 aromatic rings. The van der Waals surface area contributed by atoms with Crippen LogP contribution in [-0.4, -0.2) is 129 Å². The number of amides is 3. The molecule has 0 saturated heterocycles. The predicted octanol–water partition coefficient (Wildman–Crippen LogP) is 2.78. The number of ketones is 3. The van der Waals surface area contributed by atoms with Crippen LogP contribution < -0.4 is 16.0 Å². The molecule has 0 radical (unpaired) electrons. The van der Waals surface area contributed by atoms with Crippen LogP contribution in [0.25, 0.3) is 0 Å². The van der Waals surface area contributed by atoms with Gasteiger partial charge in [0.2, 0.25) is 17.7 Å². The van der Waals surface area contributed by atoms with Gasteiger partial charge in [0.05, 0.1) is 54.8 Å². The van der Waals surface area contributed by atoms with Crippen LogP contribution >= 0.6 is 0 Å². The average Bonchev–Trinajstić information content (AvgIpc) is 3.19. The van der Waals surface area contributed by atoms with Crippen LogP contribution in [0.5, 0.6) is 0 Å². The molecule has 2 rings (SSSR count). The Kier molecular flexibility index (Phi) is 21.8. The predicted molar refractivity (Wildman–Crippen MR) is 223 cm³/mol. The molecular weight excluding hydrogens is 807 g/mol. The summed E-state index contributed by atoms with van der Waals surface area (Å²) in [6.07, 6.45) is -0.760.